The SMILES string of the molecule is Cn1nc(-c2nc(-c3ccc(CCCCC(=O)O)cc3)no2)cc1-c1ccccc1. The second-order valence-corrected chi connectivity index (χ2v) is 7.13. The summed E-state index contributed by atoms with van der Waals surface area (Å²) in [6.07, 6.45) is 2.59. The number of carboxylic acid groups (broad SMARTS) is 1. The highest BCUT2D eigenvalue weighted by Gasteiger charge is 2.16. The molecule has 0 unspecified atom stereocenters. The van der Waals surface area contributed by atoms with Crippen molar-refractivity contribution in [3.63, 3.8) is 0 Å². The van der Waals surface area contributed by atoms with Gasteiger partial charge in [0.05, 0.1) is 5.69 Å². The number of aliphatic carboxylic acids is 1. The Morgan fingerprint density at radius 2 is 1.80 bits per heavy atom. The molecule has 0 bridgehead atoms. The van der Waals surface area contributed by atoms with E-state index in [0.29, 0.717) is 23.8 Å². The number of carbonyl (C=O) groups is 1. The van der Waals surface area contributed by atoms with Crippen LogP contribution in [0.4, 0.5) is 0 Å². The number of hydrogen-bond acceptors (Lipinski definition) is 5. The van der Waals surface area contributed by atoms with Crippen LogP contribution in [-0.2, 0) is 18.3 Å². The number of aryl methyl sites for hydroxylation is 2. The molecule has 7 nitrogen and oxygen atoms in total. The van der Waals surface area contributed by atoms with Gasteiger partial charge in [0.25, 0.3) is 5.89 Å². The first-order chi connectivity index (χ1) is 14.6. The molecule has 4 aromatic rings. The van der Waals surface area contributed by atoms with E-state index >= 15 is 0 Å². The van der Waals surface area contributed by atoms with Crippen LogP contribution in [0.25, 0.3) is 34.2 Å². The largest absolute Gasteiger partial charge is 0.481 e. The van der Waals surface area contributed by atoms with Crippen LogP contribution < -0.4 is 0 Å². The molecule has 0 atom stereocenters. The van der Waals surface area contributed by atoms with Gasteiger partial charge in [0.2, 0.25) is 5.82 Å². The number of hydrogen-bond donors (Lipinski definition) is 1. The van der Waals surface area contributed by atoms with Crippen molar-refractivity contribution in [2.75, 3.05) is 0 Å². The van der Waals surface area contributed by atoms with E-state index in [4.69, 9.17) is 9.63 Å². The average Bonchev–Trinajstić information content (AvgIpc) is 3.39. The molecule has 0 fully saturated rings. The molecule has 1 N–H and O–H groups in total. The van der Waals surface area contributed by atoms with Gasteiger partial charge in [0.15, 0.2) is 5.69 Å². The highest BCUT2D eigenvalue weighted by molar-refractivity contribution is 5.67. The van der Waals surface area contributed by atoms with Gasteiger partial charge in [-0.1, -0.05) is 59.8 Å². The van der Waals surface area contributed by atoms with Crippen molar-refractivity contribution in [3.8, 4) is 34.2 Å². The van der Waals surface area contributed by atoms with Gasteiger partial charge in [0, 0.05) is 19.0 Å². The molecule has 0 radical (unpaired) electrons. The number of carboxylic acids is 1. The molecular weight excluding hydrogens is 380 g/mol. The summed E-state index contributed by atoms with van der Waals surface area (Å²) in [5, 5.41) is 17.3. The van der Waals surface area contributed by atoms with E-state index in [1.165, 1.54) is 0 Å². The fourth-order valence-corrected chi connectivity index (χ4v) is 3.32. The van der Waals surface area contributed by atoms with Gasteiger partial charge in [0.1, 0.15) is 0 Å². The first kappa shape index (κ1) is 19.6. The monoisotopic (exact) mass is 402 g/mol. The fourth-order valence-electron chi connectivity index (χ4n) is 3.32. The van der Waals surface area contributed by atoms with Crippen LogP contribution in [0, 0.1) is 0 Å². The molecule has 7 heteroatoms. The zero-order valence-electron chi connectivity index (χ0n) is 16.7. The van der Waals surface area contributed by atoms with Crippen LogP contribution in [0.1, 0.15) is 24.8 Å². The van der Waals surface area contributed by atoms with Crippen molar-refractivity contribution in [3.05, 3.63) is 66.2 Å². The summed E-state index contributed by atoms with van der Waals surface area (Å²) < 4.78 is 7.25. The number of benzene rings is 2. The first-order valence-electron chi connectivity index (χ1n) is 9.85. The van der Waals surface area contributed by atoms with Crippen LogP contribution in [0.15, 0.2) is 65.2 Å². The fraction of sp³-hybridized carbons (Fsp3) is 0.217. The van der Waals surface area contributed by atoms with Gasteiger partial charge >= 0.3 is 5.97 Å². The molecule has 2 aromatic heterocycles. The summed E-state index contributed by atoms with van der Waals surface area (Å²) in [5.41, 5.74) is 4.68. The molecule has 0 aliphatic carbocycles. The summed E-state index contributed by atoms with van der Waals surface area (Å²) in [4.78, 5) is 15.1. The maximum absolute atomic E-state index is 10.6. The van der Waals surface area contributed by atoms with Crippen molar-refractivity contribution >= 4 is 5.97 Å². The van der Waals surface area contributed by atoms with Gasteiger partial charge in [-0.3, -0.25) is 9.48 Å². The minimum absolute atomic E-state index is 0.212. The summed E-state index contributed by atoms with van der Waals surface area (Å²) in [6.45, 7) is 0. The van der Waals surface area contributed by atoms with E-state index in [-0.39, 0.29) is 6.42 Å². The summed E-state index contributed by atoms with van der Waals surface area (Å²) >= 11 is 0. The van der Waals surface area contributed by atoms with Crippen molar-refractivity contribution in [2.24, 2.45) is 7.05 Å². The Balaban J connectivity index is 1.46. The zero-order chi connectivity index (χ0) is 20.9. The van der Waals surface area contributed by atoms with Crippen molar-refractivity contribution in [2.45, 2.75) is 25.7 Å². The van der Waals surface area contributed by atoms with Gasteiger partial charge in [-0.2, -0.15) is 10.1 Å². The molecule has 30 heavy (non-hydrogen) atoms. The average molecular weight is 402 g/mol. The maximum atomic E-state index is 10.6. The molecule has 0 aliphatic heterocycles. The first-order valence-corrected chi connectivity index (χ1v) is 9.85. The van der Waals surface area contributed by atoms with E-state index in [1.807, 2.05) is 67.7 Å². The summed E-state index contributed by atoms with van der Waals surface area (Å²) in [6, 6.07) is 19.9. The Kier molecular flexibility index (Phi) is 5.70. The Bertz CT molecular complexity index is 1130. The molecule has 0 amide bonds. The molecular formula is C23H22N4O3. The molecule has 0 saturated carbocycles. The van der Waals surface area contributed by atoms with Crippen molar-refractivity contribution < 1.29 is 14.4 Å². The predicted octanol–water partition coefficient (Wildman–Crippen LogP) is 4.60. The predicted molar refractivity (Wildman–Crippen MR) is 113 cm³/mol. The van der Waals surface area contributed by atoms with Crippen LogP contribution in [0.3, 0.4) is 0 Å². The second-order valence-electron chi connectivity index (χ2n) is 7.13. The van der Waals surface area contributed by atoms with E-state index in [1.54, 1.807) is 4.68 Å². The van der Waals surface area contributed by atoms with E-state index in [9.17, 15) is 4.79 Å². The van der Waals surface area contributed by atoms with Gasteiger partial charge < -0.3 is 9.63 Å². The number of nitrogens with zero attached hydrogens (tertiary/aromatic N) is 4. The van der Waals surface area contributed by atoms with Crippen LogP contribution in [0.2, 0.25) is 0 Å². The highest BCUT2D eigenvalue weighted by atomic mass is 16.5. The lowest BCUT2D eigenvalue weighted by Crippen LogP contribution is -1.95. The molecule has 152 valence electrons. The third-order valence-corrected chi connectivity index (χ3v) is 4.91. The Labute approximate surface area is 174 Å². The van der Waals surface area contributed by atoms with E-state index < -0.39 is 5.97 Å². The minimum atomic E-state index is -0.748. The molecule has 2 heterocycles. The van der Waals surface area contributed by atoms with Crippen LogP contribution >= 0.6 is 0 Å². The van der Waals surface area contributed by atoms with Gasteiger partial charge in [-0.15, -0.1) is 0 Å². The van der Waals surface area contributed by atoms with Gasteiger partial charge in [-0.05, 0) is 36.5 Å². The zero-order valence-corrected chi connectivity index (χ0v) is 16.7. The van der Waals surface area contributed by atoms with Crippen molar-refractivity contribution in [1.82, 2.24) is 19.9 Å². The molecule has 0 saturated heterocycles. The quantitative estimate of drug-likeness (QED) is 0.433. The molecule has 2 aromatic carbocycles. The molecule has 0 spiro atoms. The summed E-state index contributed by atoms with van der Waals surface area (Å²) in [7, 11) is 1.89. The lowest BCUT2D eigenvalue weighted by atomic mass is 10.0. The molecule has 0 aliphatic rings. The smallest absolute Gasteiger partial charge is 0.303 e. The number of aromatic nitrogens is 4. The number of rotatable bonds is 8. The number of unbranched alkanes of at least 4 members (excludes halogenated alkanes) is 1. The lowest BCUT2D eigenvalue weighted by Gasteiger charge is -2.01. The van der Waals surface area contributed by atoms with Crippen molar-refractivity contribution in [1.29, 1.82) is 0 Å². The van der Waals surface area contributed by atoms with E-state index in [2.05, 4.69) is 15.2 Å². The third kappa shape index (κ3) is 4.46. The Morgan fingerprint density at radius 1 is 1.03 bits per heavy atom. The Morgan fingerprint density at radius 3 is 2.53 bits per heavy atom. The third-order valence-electron chi connectivity index (χ3n) is 4.91. The minimum Gasteiger partial charge on any atom is -0.481 e. The highest BCUT2D eigenvalue weighted by Crippen LogP contribution is 2.26. The summed E-state index contributed by atoms with van der Waals surface area (Å²) in [5.74, 6) is 0.136. The van der Waals surface area contributed by atoms with Crippen LogP contribution in [-0.4, -0.2) is 31.0 Å². The Hall–Kier alpha value is -3.74. The second kappa shape index (κ2) is 8.73. The standard InChI is InChI=1S/C23H22N4O3/c1-27-20(17-8-3-2-4-9-17)15-19(25-27)23-24-22(26-30-23)18-13-11-16(12-14-18)7-5-6-10-21(28)29/h2-4,8-9,11-15H,5-7,10H2,1H3,(H,28,29). The molecule has 4 rings (SSSR count). The van der Waals surface area contributed by atoms with Gasteiger partial charge in [-0.25, -0.2) is 0 Å². The van der Waals surface area contributed by atoms with Crippen LogP contribution in [0.5, 0.6) is 0 Å². The topological polar surface area (TPSA) is 94.0 Å². The lowest BCUT2D eigenvalue weighted by molar-refractivity contribution is -0.137. The van der Waals surface area contributed by atoms with E-state index in [0.717, 1.165) is 35.2 Å². The normalized spacial score (nSPS) is 11.0. The maximum Gasteiger partial charge on any atom is 0.303 e.